The van der Waals surface area contributed by atoms with Crippen LogP contribution >= 0.6 is 0 Å². The van der Waals surface area contributed by atoms with Crippen LogP contribution in [0.1, 0.15) is 58.3 Å². The Morgan fingerprint density at radius 3 is 2.60 bits per heavy atom. The van der Waals surface area contributed by atoms with Crippen molar-refractivity contribution in [3.63, 3.8) is 0 Å². The van der Waals surface area contributed by atoms with Gasteiger partial charge in [-0.1, -0.05) is 26.2 Å². The standard InChI is InChI=1S/C15H26N2O3/c1-2-11-7-6-10-17(11)15(20)16-13-9-5-3-4-8-12(13)14(18)19/h11-13H,2-10H2,1H3,(H,16,20)(H,18,19). The number of nitrogens with one attached hydrogen (secondary N) is 1. The number of rotatable bonds is 3. The Bertz CT molecular complexity index is 359. The molecule has 0 aromatic rings. The molecular weight excluding hydrogens is 256 g/mol. The fourth-order valence-electron chi connectivity index (χ4n) is 3.55. The fourth-order valence-corrected chi connectivity index (χ4v) is 3.55. The van der Waals surface area contributed by atoms with E-state index in [2.05, 4.69) is 12.2 Å². The smallest absolute Gasteiger partial charge is 0.317 e. The summed E-state index contributed by atoms with van der Waals surface area (Å²) in [4.78, 5) is 25.7. The molecule has 2 N–H and O–H groups in total. The molecule has 2 rings (SSSR count). The molecule has 0 aromatic heterocycles. The predicted octanol–water partition coefficient (Wildman–Crippen LogP) is 2.60. The summed E-state index contributed by atoms with van der Waals surface area (Å²) in [5, 5.41) is 12.3. The number of carbonyl (C=O) groups is 2. The van der Waals surface area contributed by atoms with Gasteiger partial charge in [-0.3, -0.25) is 4.79 Å². The number of carboxylic acid groups (broad SMARTS) is 1. The van der Waals surface area contributed by atoms with Gasteiger partial charge in [0.25, 0.3) is 0 Å². The van der Waals surface area contributed by atoms with Crippen molar-refractivity contribution in [1.82, 2.24) is 10.2 Å². The second-order valence-electron chi connectivity index (χ2n) is 6.04. The molecule has 2 aliphatic rings. The van der Waals surface area contributed by atoms with E-state index in [-0.39, 0.29) is 12.1 Å². The van der Waals surface area contributed by atoms with Crippen LogP contribution in [0.5, 0.6) is 0 Å². The molecular formula is C15H26N2O3. The number of urea groups is 1. The predicted molar refractivity (Wildman–Crippen MR) is 76.5 cm³/mol. The summed E-state index contributed by atoms with van der Waals surface area (Å²) in [7, 11) is 0. The zero-order chi connectivity index (χ0) is 14.5. The Morgan fingerprint density at radius 1 is 1.15 bits per heavy atom. The van der Waals surface area contributed by atoms with E-state index in [9.17, 15) is 14.7 Å². The van der Waals surface area contributed by atoms with Gasteiger partial charge in [-0.2, -0.15) is 0 Å². The molecule has 1 saturated heterocycles. The molecule has 3 atom stereocenters. The van der Waals surface area contributed by atoms with E-state index in [0.29, 0.717) is 12.5 Å². The number of amides is 2. The Kier molecular flexibility index (Phi) is 5.26. The molecule has 5 heteroatoms. The Balaban J connectivity index is 1.98. The number of carboxylic acids is 1. The number of nitrogens with zero attached hydrogens (tertiary/aromatic N) is 1. The summed E-state index contributed by atoms with van der Waals surface area (Å²) < 4.78 is 0. The molecule has 20 heavy (non-hydrogen) atoms. The van der Waals surface area contributed by atoms with Crippen molar-refractivity contribution in [2.45, 2.75) is 70.4 Å². The zero-order valence-corrected chi connectivity index (χ0v) is 12.3. The van der Waals surface area contributed by atoms with Crippen molar-refractivity contribution in [3.05, 3.63) is 0 Å². The number of hydrogen-bond donors (Lipinski definition) is 2. The fraction of sp³-hybridized carbons (Fsp3) is 0.867. The highest BCUT2D eigenvalue weighted by Crippen LogP contribution is 2.25. The van der Waals surface area contributed by atoms with Gasteiger partial charge in [0.15, 0.2) is 0 Å². The lowest BCUT2D eigenvalue weighted by Crippen LogP contribution is -2.50. The molecule has 3 unspecified atom stereocenters. The van der Waals surface area contributed by atoms with Crippen molar-refractivity contribution in [2.75, 3.05) is 6.54 Å². The van der Waals surface area contributed by atoms with E-state index in [0.717, 1.165) is 51.5 Å². The third kappa shape index (κ3) is 3.44. The lowest BCUT2D eigenvalue weighted by molar-refractivity contribution is -0.142. The van der Waals surface area contributed by atoms with Gasteiger partial charge in [0.05, 0.1) is 5.92 Å². The first kappa shape index (κ1) is 15.1. The van der Waals surface area contributed by atoms with Gasteiger partial charge in [-0.05, 0) is 32.1 Å². The minimum Gasteiger partial charge on any atom is -0.481 e. The monoisotopic (exact) mass is 282 g/mol. The van der Waals surface area contributed by atoms with Crippen LogP contribution in [0.25, 0.3) is 0 Å². The Morgan fingerprint density at radius 2 is 1.90 bits per heavy atom. The van der Waals surface area contributed by atoms with Gasteiger partial charge in [0, 0.05) is 18.6 Å². The summed E-state index contributed by atoms with van der Waals surface area (Å²) in [6.07, 6.45) is 7.58. The van der Waals surface area contributed by atoms with Gasteiger partial charge in [0.2, 0.25) is 0 Å². The van der Waals surface area contributed by atoms with E-state index >= 15 is 0 Å². The maximum Gasteiger partial charge on any atom is 0.317 e. The summed E-state index contributed by atoms with van der Waals surface area (Å²) in [5.41, 5.74) is 0. The van der Waals surface area contributed by atoms with Crippen LogP contribution in [0.3, 0.4) is 0 Å². The molecule has 0 aromatic carbocycles. The van der Waals surface area contributed by atoms with E-state index in [1.807, 2.05) is 4.90 Å². The van der Waals surface area contributed by atoms with Gasteiger partial charge in [-0.15, -0.1) is 0 Å². The second-order valence-corrected chi connectivity index (χ2v) is 6.04. The number of carbonyl (C=O) groups excluding carboxylic acids is 1. The van der Waals surface area contributed by atoms with Crippen molar-refractivity contribution >= 4 is 12.0 Å². The third-order valence-corrected chi connectivity index (χ3v) is 4.75. The first-order valence-corrected chi connectivity index (χ1v) is 7.93. The molecule has 1 aliphatic carbocycles. The average molecular weight is 282 g/mol. The molecule has 0 bridgehead atoms. The van der Waals surface area contributed by atoms with Crippen LogP contribution in [0.4, 0.5) is 4.79 Å². The van der Waals surface area contributed by atoms with E-state index in [4.69, 9.17) is 0 Å². The molecule has 1 heterocycles. The lowest BCUT2D eigenvalue weighted by atomic mass is 9.95. The van der Waals surface area contributed by atoms with E-state index in [1.165, 1.54) is 0 Å². The Labute approximate surface area is 120 Å². The van der Waals surface area contributed by atoms with Crippen LogP contribution in [0.15, 0.2) is 0 Å². The first-order valence-electron chi connectivity index (χ1n) is 7.93. The van der Waals surface area contributed by atoms with Gasteiger partial charge in [-0.25, -0.2) is 4.79 Å². The largest absolute Gasteiger partial charge is 0.481 e. The second kappa shape index (κ2) is 6.95. The highest BCUT2D eigenvalue weighted by molar-refractivity contribution is 5.77. The van der Waals surface area contributed by atoms with Crippen molar-refractivity contribution < 1.29 is 14.7 Å². The number of aliphatic carboxylic acids is 1. The SMILES string of the molecule is CCC1CCCN1C(=O)NC1CCCCCC1C(=O)O. The minimum absolute atomic E-state index is 0.0625. The molecule has 0 radical (unpaired) electrons. The van der Waals surface area contributed by atoms with Crippen LogP contribution in [-0.2, 0) is 4.79 Å². The first-order chi connectivity index (χ1) is 9.63. The van der Waals surface area contributed by atoms with Crippen LogP contribution in [0.2, 0.25) is 0 Å². The minimum atomic E-state index is -0.773. The quantitative estimate of drug-likeness (QED) is 0.782. The highest BCUT2D eigenvalue weighted by Gasteiger charge is 2.34. The summed E-state index contributed by atoms with van der Waals surface area (Å²) in [6, 6.07) is 0.0529. The van der Waals surface area contributed by atoms with Crippen LogP contribution in [0, 0.1) is 5.92 Å². The summed E-state index contributed by atoms with van der Waals surface area (Å²) in [5.74, 6) is -1.20. The molecule has 2 amide bonds. The molecule has 1 saturated carbocycles. The van der Waals surface area contributed by atoms with Crippen molar-refractivity contribution in [2.24, 2.45) is 5.92 Å². The maximum absolute atomic E-state index is 12.4. The lowest BCUT2D eigenvalue weighted by Gasteiger charge is -2.29. The van der Waals surface area contributed by atoms with Gasteiger partial charge >= 0.3 is 12.0 Å². The third-order valence-electron chi connectivity index (χ3n) is 4.75. The number of likely N-dealkylation sites (tertiary alicyclic amines) is 1. The molecule has 2 fully saturated rings. The summed E-state index contributed by atoms with van der Waals surface area (Å²) >= 11 is 0. The van der Waals surface area contributed by atoms with E-state index in [1.54, 1.807) is 0 Å². The average Bonchev–Trinajstić information content (AvgIpc) is 2.78. The highest BCUT2D eigenvalue weighted by atomic mass is 16.4. The maximum atomic E-state index is 12.4. The van der Waals surface area contributed by atoms with Crippen LogP contribution < -0.4 is 5.32 Å². The van der Waals surface area contributed by atoms with E-state index < -0.39 is 11.9 Å². The van der Waals surface area contributed by atoms with Crippen molar-refractivity contribution in [3.8, 4) is 0 Å². The normalized spacial score (nSPS) is 30.9. The Hall–Kier alpha value is -1.26. The molecule has 0 spiro atoms. The number of hydrogen-bond acceptors (Lipinski definition) is 2. The zero-order valence-electron chi connectivity index (χ0n) is 12.3. The van der Waals surface area contributed by atoms with Crippen LogP contribution in [-0.4, -0.2) is 40.6 Å². The van der Waals surface area contributed by atoms with Gasteiger partial charge in [0.1, 0.15) is 0 Å². The van der Waals surface area contributed by atoms with Crippen molar-refractivity contribution in [1.29, 1.82) is 0 Å². The molecule has 114 valence electrons. The molecule has 1 aliphatic heterocycles. The van der Waals surface area contributed by atoms with Gasteiger partial charge < -0.3 is 15.3 Å². The topological polar surface area (TPSA) is 69.6 Å². The summed E-state index contributed by atoms with van der Waals surface area (Å²) in [6.45, 7) is 2.90. The molecule has 5 nitrogen and oxygen atoms in total.